The largest absolute Gasteiger partial charge is 0.493 e. The summed E-state index contributed by atoms with van der Waals surface area (Å²) in [5.74, 6) is 0.283. The average molecular weight is 407 g/mol. The van der Waals surface area contributed by atoms with Crippen LogP contribution in [0, 0.1) is 5.82 Å². The Hall–Kier alpha value is -2.15. The maximum Gasteiger partial charge on any atom is 0.223 e. The van der Waals surface area contributed by atoms with E-state index in [-0.39, 0.29) is 30.8 Å². The monoisotopic (exact) mass is 406 g/mol. The molecule has 1 amide bonds. The van der Waals surface area contributed by atoms with Gasteiger partial charge in [-0.1, -0.05) is 23.7 Å². The summed E-state index contributed by atoms with van der Waals surface area (Å²) in [4.78, 5) is 14.5. The van der Waals surface area contributed by atoms with Gasteiger partial charge in [0.1, 0.15) is 11.6 Å². The van der Waals surface area contributed by atoms with Crippen molar-refractivity contribution in [1.82, 2.24) is 10.2 Å². The first-order chi connectivity index (χ1) is 13.6. The van der Waals surface area contributed by atoms with Gasteiger partial charge < -0.3 is 14.8 Å². The molecule has 1 atom stereocenters. The number of nitrogens with one attached hydrogen (secondary N) is 1. The smallest absolute Gasteiger partial charge is 0.223 e. The Morgan fingerprint density at radius 3 is 2.68 bits per heavy atom. The van der Waals surface area contributed by atoms with Crippen LogP contribution in [0.4, 0.5) is 4.39 Å². The summed E-state index contributed by atoms with van der Waals surface area (Å²) in [6.07, 6.45) is 0.238. The number of morpholine rings is 1. The lowest BCUT2D eigenvalue weighted by Gasteiger charge is -2.35. The van der Waals surface area contributed by atoms with Crippen LogP contribution in [-0.4, -0.2) is 50.3 Å². The van der Waals surface area contributed by atoms with Gasteiger partial charge in [-0.3, -0.25) is 9.69 Å². The van der Waals surface area contributed by atoms with Crippen LogP contribution < -0.4 is 10.1 Å². The maximum atomic E-state index is 13.7. The number of carbonyl (C=O) groups excluding carboxylic acids is 1. The van der Waals surface area contributed by atoms with Crippen molar-refractivity contribution in [3.05, 3.63) is 64.9 Å². The van der Waals surface area contributed by atoms with Crippen molar-refractivity contribution in [3.8, 4) is 5.75 Å². The second-order valence-electron chi connectivity index (χ2n) is 6.58. The third-order valence-corrected chi connectivity index (χ3v) is 4.88. The van der Waals surface area contributed by atoms with Gasteiger partial charge in [0.25, 0.3) is 0 Å². The Labute approximate surface area is 169 Å². The van der Waals surface area contributed by atoms with Crippen molar-refractivity contribution >= 4 is 17.5 Å². The molecule has 2 aromatic carbocycles. The number of hydrogen-bond donors (Lipinski definition) is 1. The molecule has 0 saturated carbocycles. The van der Waals surface area contributed by atoms with E-state index in [1.165, 1.54) is 12.1 Å². The Morgan fingerprint density at radius 1 is 1.21 bits per heavy atom. The van der Waals surface area contributed by atoms with E-state index < -0.39 is 0 Å². The molecule has 1 heterocycles. The molecule has 0 aliphatic carbocycles. The maximum absolute atomic E-state index is 13.7. The first kappa shape index (κ1) is 20.6. The first-order valence-corrected chi connectivity index (χ1v) is 9.72. The zero-order valence-corrected chi connectivity index (χ0v) is 16.3. The van der Waals surface area contributed by atoms with Crippen LogP contribution in [0.5, 0.6) is 5.75 Å². The van der Waals surface area contributed by atoms with Crippen LogP contribution in [0.2, 0.25) is 5.02 Å². The van der Waals surface area contributed by atoms with E-state index in [1.807, 2.05) is 6.07 Å². The number of halogens is 2. The molecule has 0 aromatic heterocycles. The van der Waals surface area contributed by atoms with Gasteiger partial charge in [0.05, 0.1) is 32.3 Å². The molecular formula is C21H24ClFN2O3. The van der Waals surface area contributed by atoms with Gasteiger partial charge in [-0.05, 0) is 42.0 Å². The Kier molecular flexibility index (Phi) is 7.65. The third kappa shape index (κ3) is 6.19. The van der Waals surface area contributed by atoms with Crippen LogP contribution in [0.3, 0.4) is 0 Å². The first-order valence-electron chi connectivity index (χ1n) is 9.34. The normalized spacial score (nSPS) is 15.8. The summed E-state index contributed by atoms with van der Waals surface area (Å²) in [6, 6.07) is 13.4. The summed E-state index contributed by atoms with van der Waals surface area (Å²) >= 11 is 5.84. The summed E-state index contributed by atoms with van der Waals surface area (Å²) in [7, 11) is 0. The number of rotatable bonds is 8. The van der Waals surface area contributed by atoms with Gasteiger partial charge >= 0.3 is 0 Å². The van der Waals surface area contributed by atoms with Crippen molar-refractivity contribution in [2.45, 2.75) is 12.5 Å². The van der Waals surface area contributed by atoms with Gasteiger partial charge in [-0.25, -0.2) is 4.39 Å². The molecule has 1 unspecified atom stereocenters. The second kappa shape index (κ2) is 10.4. The van der Waals surface area contributed by atoms with Crippen molar-refractivity contribution in [1.29, 1.82) is 0 Å². The highest BCUT2D eigenvalue weighted by Gasteiger charge is 2.23. The molecule has 0 radical (unpaired) electrons. The van der Waals surface area contributed by atoms with Crippen molar-refractivity contribution in [2.24, 2.45) is 0 Å². The van der Waals surface area contributed by atoms with Gasteiger partial charge in [-0.2, -0.15) is 0 Å². The minimum absolute atomic E-state index is 0.0965. The number of hydrogen-bond acceptors (Lipinski definition) is 4. The van der Waals surface area contributed by atoms with Crippen molar-refractivity contribution in [2.75, 3.05) is 39.5 Å². The van der Waals surface area contributed by atoms with Crippen molar-refractivity contribution < 1.29 is 18.7 Å². The summed E-state index contributed by atoms with van der Waals surface area (Å²) < 4.78 is 24.7. The molecule has 5 nitrogen and oxygen atoms in total. The predicted octanol–water partition coefficient (Wildman–Crippen LogP) is 3.44. The molecular weight excluding hydrogens is 383 g/mol. The molecule has 7 heteroatoms. The fourth-order valence-corrected chi connectivity index (χ4v) is 3.28. The molecule has 28 heavy (non-hydrogen) atoms. The highest BCUT2D eigenvalue weighted by atomic mass is 35.5. The van der Waals surface area contributed by atoms with Crippen molar-refractivity contribution in [3.63, 3.8) is 0 Å². The summed E-state index contributed by atoms with van der Waals surface area (Å²) in [5.41, 5.74) is 0.847. The van der Waals surface area contributed by atoms with E-state index in [1.54, 1.807) is 30.3 Å². The van der Waals surface area contributed by atoms with Crippen LogP contribution in [0.1, 0.15) is 18.0 Å². The van der Waals surface area contributed by atoms with E-state index in [9.17, 15) is 9.18 Å². The second-order valence-corrected chi connectivity index (χ2v) is 7.01. The lowest BCUT2D eigenvalue weighted by molar-refractivity contribution is -0.121. The highest BCUT2D eigenvalue weighted by Crippen LogP contribution is 2.22. The zero-order chi connectivity index (χ0) is 19.8. The number of carbonyl (C=O) groups is 1. The molecule has 1 aliphatic heterocycles. The Bertz CT molecular complexity index is 767. The van der Waals surface area contributed by atoms with Gasteiger partial charge in [-0.15, -0.1) is 0 Å². The zero-order valence-electron chi connectivity index (χ0n) is 15.6. The molecule has 2 aromatic rings. The highest BCUT2D eigenvalue weighted by molar-refractivity contribution is 6.30. The van der Waals surface area contributed by atoms with E-state index in [0.717, 1.165) is 18.7 Å². The predicted molar refractivity (Wildman–Crippen MR) is 106 cm³/mol. The third-order valence-electron chi connectivity index (χ3n) is 4.62. The Balaban J connectivity index is 1.52. The molecule has 0 bridgehead atoms. The van der Waals surface area contributed by atoms with Crippen LogP contribution in [-0.2, 0) is 9.53 Å². The molecule has 1 aliphatic rings. The minimum Gasteiger partial charge on any atom is -0.493 e. The van der Waals surface area contributed by atoms with Gasteiger partial charge in [0.2, 0.25) is 5.91 Å². The van der Waals surface area contributed by atoms with Crippen LogP contribution in [0.15, 0.2) is 48.5 Å². The number of benzene rings is 2. The number of amides is 1. The molecule has 1 saturated heterocycles. The Morgan fingerprint density at radius 2 is 1.96 bits per heavy atom. The average Bonchev–Trinajstić information content (AvgIpc) is 2.71. The van der Waals surface area contributed by atoms with E-state index in [0.29, 0.717) is 30.5 Å². The quantitative estimate of drug-likeness (QED) is 0.729. The summed E-state index contributed by atoms with van der Waals surface area (Å²) in [6.45, 7) is 3.44. The van der Waals surface area contributed by atoms with Gasteiger partial charge in [0, 0.05) is 24.7 Å². The van der Waals surface area contributed by atoms with Crippen LogP contribution in [0.25, 0.3) is 0 Å². The van der Waals surface area contributed by atoms with E-state index in [4.69, 9.17) is 21.1 Å². The molecule has 0 spiro atoms. The lowest BCUT2D eigenvalue weighted by atomic mass is 10.0. The van der Waals surface area contributed by atoms with Gasteiger partial charge in [0.15, 0.2) is 0 Å². The minimum atomic E-state index is -0.279. The standard InChI is InChI=1S/C21H24ClFN2O3/c22-17-4-6-19(7-5-17)28-11-8-21(26)24-15-20(25-9-12-27-13-10-25)16-2-1-3-18(23)14-16/h1-7,14,20H,8-13,15H2,(H,24,26). The molecule has 1 fully saturated rings. The lowest BCUT2D eigenvalue weighted by Crippen LogP contribution is -2.44. The number of ether oxygens (including phenoxy) is 2. The topological polar surface area (TPSA) is 50.8 Å². The number of nitrogens with zero attached hydrogens (tertiary/aromatic N) is 1. The van der Waals surface area contributed by atoms with Crippen LogP contribution >= 0.6 is 11.6 Å². The molecule has 1 N–H and O–H groups in total. The SMILES string of the molecule is O=C(CCOc1ccc(Cl)cc1)NCC(c1cccc(F)c1)N1CCOCC1. The molecule has 150 valence electrons. The van der Waals surface area contributed by atoms with E-state index >= 15 is 0 Å². The fourth-order valence-electron chi connectivity index (χ4n) is 3.15. The fraction of sp³-hybridized carbons (Fsp3) is 0.381. The molecule has 3 rings (SSSR count). The van der Waals surface area contributed by atoms with E-state index in [2.05, 4.69) is 10.2 Å². The summed E-state index contributed by atoms with van der Waals surface area (Å²) in [5, 5.41) is 3.58.